The number of hydrogen-bond donors (Lipinski definition) is 1. The zero-order chi connectivity index (χ0) is 15.0. The summed E-state index contributed by atoms with van der Waals surface area (Å²) in [5.41, 5.74) is 2.65. The predicted molar refractivity (Wildman–Crippen MR) is 85.9 cm³/mol. The van der Waals surface area contributed by atoms with Crippen molar-refractivity contribution in [1.29, 1.82) is 0 Å². The summed E-state index contributed by atoms with van der Waals surface area (Å²) in [4.78, 5) is 0. The summed E-state index contributed by atoms with van der Waals surface area (Å²) in [6, 6.07) is 8.76. The number of rotatable bonds is 9. The summed E-state index contributed by atoms with van der Waals surface area (Å²) in [5.74, 6) is 0.283. The van der Waals surface area contributed by atoms with Crippen LogP contribution in [0.1, 0.15) is 37.3 Å². The van der Waals surface area contributed by atoms with Crippen molar-refractivity contribution in [2.24, 2.45) is 0 Å². The Hall–Kier alpha value is -0.870. The quantitative estimate of drug-likeness (QED) is 0.762. The lowest BCUT2D eigenvalue weighted by Crippen LogP contribution is -2.32. The molecule has 0 spiro atoms. The third-order valence-corrected chi connectivity index (χ3v) is 4.51. The molecule has 0 aliphatic rings. The first-order valence-electron chi connectivity index (χ1n) is 7.38. The summed E-state index contributed by atoms with van der Waals surface area (Å²) in [6.45, 7) is 5.26. The van der Waals surface area contributed by atoms with E-state index in [0.29, 0.717) is 6.04 Å². The van der Waals surface area contributed by atoms with Gasteiger partial charge >= 0.3 is 0 Å². The smallest absolute Gasteiger partial charge is 0.147 e. The van der Waals surface area contributed by atoms with E-state index in [9.17, 15) is 8.42 Å². The van der Waals surface area contributed by atoms with E-state index in [-0.39, 0.29) is 5.75 Å². The SMILES string of the molecule is CCCNC(CCCS(C)(=O)=O)Cc1ccccc1C. The van der Waals surface area contributed by atoms with Crippen LogP contribution in [0.3, 0.4) is 0 Å². The van der Waals surface area contributed by atoms with Gasteiger partial charge in [0.1, 0.15) is 9.84 Å². The fraction of sp³-hybridized carbons (Fsp3) is 0.625. The van der Waals surface area contributed by atoms with Gasteiger partial charge in [0.2, 0.25) is 0 Å². The Bertz CT molecular complexity index is 497. The Morgan fingerprint density at radius 2 is 1.95 bits per heavy atom. The van der Waals surface area contributed by atoms with Crippen molar-refractivity contribution >= 4 is 9.84 Å². The van der Waals surface area contributed by atoms with Gasteiger partial charge in [0, 0.05) is 18.1 Å². The van der Waals surface area contributed by atoms with Gasteiger partial charge in [-0.3, -0.25) is 0 Å². The second-order valence-corrected chi connectivity index (χ2v) is 7.81. The van der Waals surface area contributed by atoms with Crippen molar-refractivity contribution in [3.63, 3.8) is 0 Å². The van der Waals surface area contributed by atoms with Crippen LogP contribution in [-0.4, -0.2) is 33.0 Å². The van der Waals surface area contributed by atoms with Gasteiger partial charge in [-0.1, -0.05) is 31.2 Å². The Morgan fingerprint density at radius 1 is 1.25 bits per heavy atom. The zero-order valence-electron chi connectivity index (χ0n) is 12.9. The Balaban J connectivity index is 2.57. The third-order valence-electron chi connectivity index (χ3n) is 3.48. The van der Waals surface area contributed by atoms with E-state index in [1.807, 2.05) is 0 Å². The Labute approximate surface area is 123 Å². The summed E-state index contributed by atoms with van der Waals surface area (Å²) in [7, 11) is -2.85. The van der Waals surface area contributed by atoms with Crippen LogP contribution in [0, 0.1) is 6.92 Å². The van der Waals surface area contributed by atoms with E-state index in [1.165, 1.54) is 17.4 Å². The van der Waals surface area contributed by atoms with Gasteiger partial charge in [-0.05, 0) is 50.3 Å². The molecule has 0 aliphatic heterocycles. The lowest BCUT2D eigenvalue weighted by Gasteiger charge is -2.19. The molecule has 1 aromatic rings. The minimum Gasteiger partial charge on any atom is -0.314 e. The molecule has 0 aliphatic carbocycles. The molecule has 1 unspecified atom stereocenters. The summed E-state index contributed by atoms with van der Waals surface area (Å²) in [6.07, 6.45) is 5.00. The number of sulfone groups is 1. The van der Waals surface area contributed by atoms with Crippen LogP contribution in [0.25, 0.3) is 0 Å². The van der Waals surface area contributed by atoms with Crippen LogP contribution in [0.4, 0.5) is 0 Å². The lowest BCUT2D eigenvalue weighted by molar-refractivity contribution is 0.471. The van der Waals surface area contributed by atoms with Crippen LogP contribution in [-0.2, 0) is 16.3 Å². The van der Waals surface area contributed by atoms with Crippen molar-refractivity contribution in [2.45, 2.75) is 45.6 Å². The van der Waals surface area contributed by atoms with Crippen molar-refractivity contribution in [3.8, 4) is 0 Å². The Kier molecular flexibility index (Phi) is 7.24. The predicted octanol–water partition coefficient (Wildman–Crippen LogP) is 2.73. The van der Waals surface area contributed by atoms with E-state index in [0.717, 1.165) is 32.2 Å². The summed E-state index contributed by atoms with van der Waals surface area (Å²) >= 11 is 0. The zero-order valence-corrected chi connectivity index (χ0v) is 13.7. The molecule has 3 nitrogen and oxygen atoms in total. The lowest BCUT2D eigenvalue weighted by atomic mass is 9.98. The monoisotopic (exact) mass is 297 g/mol. The number of aryl methyl sites for hydroxylation is 1. The highest BCUT2D eigenvalue weighted by molar-refractivity contribution is 7.90. The van der Waals surface area contributed by atoms with Gasteiger partial charge in [0.05, 0.1) is 0 Å². The summed E-state index contributed by atoms with van der Waals surface area (Å²) in [5, 5.41) is 3.54. The fourth-order valence-electron chi connectivity index (χ4n) is 2.32. The average Bonchev–Trinajstić information content (AvgIpc) is 2.36. The van der Waals surface area contributed by atoms with Crippen molar-refractivity contribution in [3.05, 3.63) is 35.4 Å². The minimum absolute atomic E-state index is 0.283. The maximum atomic E-state index is 11.2. The molecule has 4 heteroatoms. The highest BCUT2D eigenvalue weighted by Crippen LogP contribution is 2.13. The van der Waals surface area contributed by atoms with Crippen LogP contribution >= 0.6 is 0 Å². The van der Waals surface area contributed by atoms with E-state index in [2.05, 4.69) is 43.4 Å². The molecule has 20 heavy (non-hydrogen) atoms. The maximum Gasteiger partial charge on any atom is 0.147 e. The van der Waals surface area contributed by atoms with E-state index in [4.69, 9.17) is 0 Å². The molecule has 0 heterocycles. The van der Waals surface area contributed by atoms with Crippen LogP contribution in [0.15, 0.2) is 24.3 Å². The van der Waals surface area contributed by atoms with Gasteiger partial charge in [-0.2, -0.15) is 0 Å². The molecule has 0 fully saturated rings. The molecule has 1 N–H and O–H groups in total. The van der Waals surface area contributed by atoms with Crippen molar-refractivity contribution < 1.29 is 8.42 Å². The molecule has 0 saturated carbocycles. The fourth-order valence-corrected chi connectivity index (χ4v) is 3.01. The first-order valence-corrected chi connectivity index (χ1v) is 9.44. The number of benzene rings is 1. The summed E-state index contributed by atoms with van der Waals surface area (Å²) < 4.78 is 22.4. The van der Waals surface area contributed by atoms with Crippen molar-refractivity contribution in [2.75, 3.05) is 18.6 Å². The first kappa shape index (κ1) is 17.2. The van der Waals surface area contributed by atoms with E-state index < -0.39 is 9.84 Å². The van der Waals surface area contributed by atoms with Gasteiger partial charge in [0.15, 0.2) is 0 Å². The molecule has 0 radical (unpaired) electrons. The van der Waals surface area contributed by atoms with Gasteiger partial charge in [-0.15, -0.1) is 0 Å². The Morgan fingerprint density at radius 3 is 2.55 bits per heavy atom. The standard InChI is InChI=1S/C16H27NO2S/c1-4-11-17-16(10-7-12-20(3,18)19)13-15-9-6-5-8-14(15)2/h5-6,8-9,16-17H,4,7,10-13H2,1-3H3. The molecule has 0 bridgehead atoms. The molecule has 1 aromatic carbocycles. The molecule has 0 amide bonds. The van der Waals surface area contributed by atoms with E-state index >= 15 is 0 Å². The number of hydrogen-bond acceptors (Lipinski definition) is 3. The molecule has 1 atom stereocenters. The largest absolute Gasteiger partial charge is 0.314 e. The van der Waals surface area contributed by atoms with Gasteiger partial charge in [-0.25, -0.2) is 8.42 Å². The van der Waals surface area contributed by atoms with Crippen LogP contribution < -0.4 is 5.32 Å². The van der Waals surface area contributed by atoms with Gasteiger partial charge < -0.3 is 5.32 Å². The topological polar surface area (TPSA) is 46.2 Å². The molecule has 0 saturated heterocycles. The highest BCUT2D eigenvalue weighted by Gasteiger charge is 2.11. The molecular weight excluding hydrogens is 270 g/mol. The van der Waals surface area contributed by atoms with E-state index in [1.54, 1.807) is 0 Å². The minimum atomic E-state index is -2.85. The molecular formula is C16H27NO2S. The van der Waals surface area contributed by atoms with Crippen LogP contribution in [0.2, 0.25) is 0 Å². The average molecular weight is 297 g/mol. The molecule has 1 rings (SSSR count). The maximum absolute atomic E-state index is 11.2. The van der Waals surface area contributed by atoms with Crippen molar-refractivity contribution in [1.82, 2.24) is 5.32 Å². The third kappa shape index (κ3) is 7.06. The molecule has 114 valence electrons. The normalized spacial score (nSPS) is 13.3. The highest BCUT2D eigenvalue weighted by atomic mass is 32.2. The second kappa shape index (κ2) is 8.42. The first-order chi connectivity index (χ1) is 9.42. The van der Waals surface area contributed by atoms with Gasteiger partial charge in [0.25, 0.3) is 0 Å². The number of nitrogens with one attached hydrogen (secondary N) is 1. The molecule has 0 aromatic heterocycles. The van der Waals surface area contributed by atoms with Crippen LogP contribution in [0.5, 0.6) is 0 Å². The second-order valence-electron chi connectivity index (χ2n) is 5.55.